The number of allylic oxidation sites excluding steroid dienone is 4. The molecule has 2 amide bonds. The number of ether oxygens (including phenoxy) is 1. The number of unbranched alkanes of at least 4 members (excludes halogenated alkanes) is 2. The van der Waals surface area contributed by atoms with Crippen LogP contribution in [0.5, 0.6) is 0 Å². The van der Waals surface area contributed by atoms with Gasteiger partial charge in [-0.15, -0.1) is 11.3 Å². The predicted molar refractivity (Wildman–Crippen MR) is 206 cm³/mol. The van der Waals surface area contributed by atoms with Crippen LogP contribution < -0.4 is 16.4 Å². The molecule has 2 saturated heterocycles. The van der Waals surface area contributed by atoms with Gasteiger partial charge in [0.05, 0.1) is 10.9 Å². The minimum Gasteiger partial charge on any atom is -0.381 e. The number of nitrogens with one attached hydrogen (secondary N) is 2. The Morgan fingerprint density at radius 1 is 1.10 bits per heavy atom. The molecule has 2 aromatic rings. The van der Waals surface area contributed by atoms with Crippen molar-refractivity contribution in [1.82, 2.24) is 15.5 Å². The van der Waals surface area contributed by atoms with Crippen LogP contribution in [0.2, 0.25) is 0 Å². The van der Waals surface area contributed by atoms with Crippen molar-refractivity contribution in [3.05, 3.63) is 58.5 Å². The van der Waals surface area contributed by atoms with Crippen LogP contribution in [0.3, 0.4) is 0 Å². The molecule has 49 heavy (non-hydrogen) atoms. The number of nitrogens with two attached hydrogens (primary N) is 1. The fraction of sp³-hybridized carbons (Fsp3) is 0.625. The lowest BCUT2D eigenvalue weighted by Crippen LogP contribution is -2.39. The first kappa shape index (κ1) is 38.9. The van der Waals surface area contributed by atoms with Crippen LogP contribution in [0.4, 0.5) is 0 Å². The number of amides is 2. The van der Waals surface area contributed by atoms with Crippen LogP contribution in [0.15, 0.2) is 48.1 Å². The highest BCUT2D eigenvalue weighted by Gasteiger charge is 2.22. The monoisotopic (exact) mass is 696 g/mol. The van der Waals surface area contributed by atoms with Crippen molar-refractivity contribution in [2.24, 2.45) is 23.5 Å². The second-order valence-corrected chi connectivity index (χ2v) is 15.3. The number of likely N-dealkylation sites (tertiary alicyclic amines) is 1. The molecular weight excluding hydrogens is 633 g/mol. The van der Waals surface area contributed by atoms with E-state index in [9.17, 15) is 14.4 Å². The van der Waals surface area contributed by atoms with Crippen LogP contribution in [-0.4, -0.2) is 75.0 Å². The zero-order valence-electron chi connectivity index (χ0n) is 29.9. The van der Waals surface area contributed by atoms with E-state index in [1.165, 1.54) is 67.8 Å². The maximum absolute atomic E-state index is 12.4. The zero-order chi connectivity index (χ0) is 34.8. The molecular formula is C40H64N4O4S. The van der Waals surface area contributed by atoms with E-state index in [1.807, 2.05) is 19.1 Å². The number of rotatable bonds is 16. The first-order valence-corrected chi connectivity index (χ1v) is 19.6. The van der Waals surface area contributed by atoms with E-state index in [0.29, 0.717) is 25.3 Å². The SMILES string of the molecule is CCC1C=CC=C(CC[C@H](C=O)NC(=O)CCCCCNC(=O)c2cc3ccc(C)cc3s2)C1.NCC1CCN(CC2CCOCC2)CC1.[HH].[HH]. The maximum atomic E-state index is 12.4. The lowest BCUT2D eigenvalue weighted by Gasteiger charge is -2.34. The van der Waals surface area contributed by atoms with Gasteiger partial charge >= 0.3 is 0 Å². The summed E-state index contributed by atoms with van der Waals surface area (Å²) in [6.07, 6.45) is 18.9. The fourth-order valence-electron chi connectivity index (χ4n) is 6.91. The number of carbonyl (C=O) groups excluding carboxylic acids is 3. The number of hydrogen-bond acceptors (Lipinski definition) is 7. The molecule has 9 heteroatoms. The molecule has 0 spiro atoms. The summed E-state index contributed by atoms with van der Waals surface area (Å²) in [5.41, 5.74) is 8.24. The van der Waals surface area contributed by atoms with Crippen LogP contribution in [0, 0.1) is 24.7 Å². The summed E-state index contributed by atoms with van der Waals surface area (Å²) in [5.74, 6) is 2.14. The number of aldehydes is 1. The fourth-order valence-corrected chi connectivity index (χ4v) is 7.98. The molecule has 5 rings (SSSR count). The van der Waals surface area contributed by atoms with Gasteiger partial charge in [0, 0.05) is 40.3 Å². The summed E-state index contributed by atoms with van der Waals surface area (Å²) >= 11 is 1.51. The average molecular weight is 697 g/mol. The van der Waals surface area contributed by atoms with E-state index in [2.05, 4.69) is 52.8 Å². The Morgan fingerprint density at radius 2 is 1.90 bits per heavy atom. The van der Waals surface area contributed by atoms with Crippen LogP contribution in [0.1, 0.15) is 102 Å². The maximum Gasteiger partial charge on any atom is 0.261 e. The van der Waals surface area contributed by atoms with Crippen molar-refractivity contribution in [2.75, 3.05) is 45.9 Å². The second-order valence-electron chi connectivity index (χ2n) is 14.2. The Hall–Kier alpha value is -2.85. The van der Waals surface area contributed by atoms with Crippen molar-refractivity contribution in [3.63, 3.8) is 0 Å². The number of fused-ring (bicyclic) bond motifs is 1. The summed E-state index contributed by atoms with van der Waals surface area (Å²) in [4.78, 5) is 39.4. The first-order chi connectivity index (χ1) is 23.9. The average Bonchev–Trinajstić information content (AvgIpc) is 3.56. The minimum atomic E-state index is -0.427. The van der Waals surface area contributed by atoms with Gasteiger partial charge in [0.1, 0.15) is 6.29 Å². The van der Waals surface area contributed by atoms with Crippen molar-refractivity contribution in [2.45, 2.75) is 96.9 Å². The largest absolute Gasteiger partial charge is 0.381 e. The third-order valence-corrected chi connectivity index (χ3v) is 11.3. The predicted octanol–water partition coefficient (Wildman–Crippen LogP) is 7.45. The third-order valence-electron chi connectivity index (χ3n) is 10.2. The van der Waals surface area contributed by atoms with Crippen LogP contribution in [-0.2, 0) is 14.3 Å². The van der Waals surface area contributed by atoms with Crippen molar-refractivity contribution in [3.8, 4) is 0 Å². The standard InChI is InChI=1S/C28H36N2O3S.C12H24N2O.2H2/c1-3-21-8-7-9-22(17-21)12-14-24(19-31)30-27(32)10-5-4-6-15-29-28(33)26-18-23-13-11-20(2)16-25(23)34-26;13-9-11-1-5-14(6-2-11)10-12-3-7-15-8-4-12;;/h7-9,11,13,16,18-19,21,24H,3-6,10,12,14-15,17H2,1-2H3,(H,29,33)(H,30,32);11-12H,1-10,13H2;2*1H/t21?,24-;;;/m1.../s1. The van der Waals surface area contributed by atoms with Crippen molar-refractivity contribution in [1.29, 1.82) is 0 Å². The van der Waals surface area contributed by atoms with Gasteiger partial charge in [0.15, 0.2) is 0 Å². The Bertz CT molecular complexity index is 1390. The van der Waals surface area contributed by atoms with Gasteiger partial charge in [-0.1, -0.05) is 49.3 Å². The minimum absolute atomic E-state index is 0. The molecule has 3 heterocycles. The molecule has 0 radical (unpaired) electrons. The van der Waals surface area contributed by atoms with E-state index in [0.717, 1.165) is 91.4 Å². The molecule has 0 bridgehead atoms. The van der Waals surface area contributed by atoms with E-state index < -0.39 is 6.04 Å². The molecule has 0 saturated carbocycles. The lowest BCUT2D eigenvalue weighted by atomic mass is 9.89. The topological polar surface area (TPSA) is 114 Å². The normalized spacial score (nSPS) is 19.5. The third kappa shape index (κ3) is 13.8. The van der Waals surface area contributed by atoms with Crippen molar-refractivity contribution >= 4 is 39.5 Å². The number of piperidine rings is 1. The van der Waals surface area contributed by atoms with Gasteiger partial charge in [-0.05, 0) is 132 Å². The molecule has 2 fully saturated rings. The molecule has 2 aliphatic heterocycles. The first-order valence-electron chi connectivity index (χ1n) is 18.8. The molecule has 2 atom stereocenters. The summed E-state index contributed by atoms with van der Waals surface area (Å²) in [6.45, 7) is 11.5. The quantitative estimate of drug-likeness (QED) is 0.124. The Morgan fingerprint density at radius 3 is 2.63 bits per heavy atom. The lowest BCUT2D eigenvalue weighted by molar-refractivity contribution is -0.124. The molecule has 1 unspecified atom stereocenters. The van der Waals surface area contributed by atoms with E-state index >= 15 is 0 Å². The van der Waals surface area contributed by atoms with Gasteiger partial charge in [0.2, 0.25) is 5.91 Å². The van der Waals surface area contributed by atoms with Crippen molar-refractivity contribution < 1.29 is 22.0 Å². The highest BCUT2D eigenvalue weighted by molar-refractivity contribution is 7.20. The highest BCUT2D eigenvalue weighted by atomic mass is 32.1. The molecule has 1 aliphatic carbocycles. The summed E-state index contributed by atoms with van der Waals surface area (Å²) in [7, 11) is 0. The Balaban J connectivity index is 0.000000444. The summed E-state index contributed by atoms with van der Waals surface area (Å²) in [6, 6.07) is 7.71. The highest BCUT2D eigenvalue weighted by Crippen LogP contribution is 2.27. The van der Waals surface area contributed by atoms with Crippen LogP contribution >= 0.6 is 11.3 Å². The molecule has 8 nitrogen and oxygen atoms in total. The number of hydrogen-bond donors (Lipinski definition) is 3. The zero-order valence-corrected chi connectivity index (χ0v) is 30.7. The number of benzene rings is 1. The summed E-state index contributed by atoms with van der Waals surface area (Å²) in [5, 5.41) is 6.93. The van der Waals surface area contributed by atoms with Crippen LogP contribution in [0.25, 0.3) is 10.1 Å². The number of nitrogens with zero attached hydrogens (tertiary/aromatic N) is 1. The second kappa shape index (κ2) is 21.4. The Labute approximate surface area is 301 Å². The number of carbonyl (C=O) groups is 3. The summed E-state index contributed by atoms with van der Waals surface area (Å²) < 4.78 is 6.52. The number of aryl methyl sites for hydroxylation is 1. The number of thiophene rings is 1. The van der Waals surface area contributed by atoms with Gasteiger partial charge in [-0.3, -0.25) is 9.59 Å². The molecule has 4 N–H and O–H groups in total. The van der Waals surface area contributed by atoms with Gasteiger partial charge < -0.3 is 30.8 Å². The van der Waals surface area contributed by atoms with E-state index in [-0.39, 0.29) is 14.7 Å². The van der Waals surface area contributed by atoms with Gasteiger partial charge in [-0.2, -0.15) is 0 Å². The van der Waals surface area contributed by atoms with E-state index in [1.54, 1.807) is 0 Å². The molecule has 1 aromatic carbocycles. The Kier molecular flexibility index (Phi) is 17.0. The van der Waals surface area contributed by atoms with Gasteiger partial charge in [0.25, 0.3) is 5.91 Å². The smallest absolute Gasteiger partial charge is 0.261 e. The van der Waals surface area contributed by atoms with E-state index in [4.69, 9.17) is 10.5 Å². The molecule has 3 aliphatic rings. The van der Waals surface area contributed by atoms with Gasteiger partial charge in [-0.25, -0.2) is 0 Å². The molecule has 1 aromatic heterocycles. The molecule has 274 valence electrons.